The highest BCUT2D eigenvalue weighted by Gasteiger charge is 2.23. The first-order valence-electron chi connectivity index (χ1n) is 6.39. The van der Waals surface area contributed by atoms with Gasteiger partial charge in [-0.05, 0) is 58.8 Å². The van der Waals surface area contributed by atoms with Crippen LogP contribution in [0.25, 0.3) is 11.1 Å². The zero-order valence-electron chi connectivity index (χ0n) is 10.8. The van der Waals surface area contributed by atoms with E-state index in [1.807, 2.05) is 0 Å². The van der Waals surface area contributed by atoms with Gasteiger partial charge in [-0.25, -0.2) is 0 Å². The van der Waals surface area contributed by atoms with Gasteiger partial charge in [0.1, 0.15) is 11.6 Å². The summed E-state index contributed by atoms with van der Waals surface area (Å²) in [5.74, 6) is 1.43. The van der Waals surface area contributed by atoms with Gasteiger partial charge >= 0.3 is 0 Å². The molecule has 5 heteroatoms. The molecule has 100 valence electrons. The SMILES string of the molecule is COc1c(Br)cc2c(c1-c1cn[nH]c1N)CCCC2. The van der Waals surface area contributed by atoms with Crippen LogP contribution in [0.15, 0.2) is 16.7 Å². The first kappa shape index (κ1) is 12.5. The van der Waals surface area contributed by atoms with Crippen molar-refractivity contribution in [1.82, 2.24) is 10.2 Å². The zero-order valence-corrected chi connectivity index (χ0v) is 12.4. The van der Waals surface area contributed by atoms with E-state index in [-0.39, 0.29) is 0 Å². The quantitative estimate of drug-likeness (QED) is 0.891. The monoisotopic (exact) mass is 321 g/mol. The topological polar surface area (TPSA) is 63.9 Å². The van der Waals surface area contributed by atoms with Gasteiger partial charge in [0.2, 0.25) is 0 Å². The molecule has 0 saturated heterocycles. The Morgan fingerprint density at radius 3 is 2.84 bits per heavy atom. The standard InChI is InChI=1S/C14H16BrN3O/c1-19-13-11(15)6-8-4-2-3-5-9(8)12(13)10-7-17-18-14(10)16/h6-7H,2-5H2,1H3,(H3,16,17,18). The van der Waals surface area contributed by atoms with E-state index in [1.54, 1.807) is 13.3 Å². The summed E-state index contributed by atoms with van der Waals surface area (Å²) in [5, 5.41) is 6.83. The minimum atomic E-state index is 0.587. The maximum Gasteiger partial charge on any atom is 0.141 e. The van der Waals surface area contributed by atoms with Crippen molar-refractivity contribution in [3.8, 4) is 16.9 Å². The van der Waals surface area contributed by atoms with Gasteiger partial charge in [0, 0.05) is 11.1 Å². The predicted molar refractivity (Wildman–Crippen MR) is 79.3 cm³/mol. The number of aromatic amines is 1. The van der Waals surface area contributed by atoms with E-state index in [9.17, 15) is 0 Å². The Labute approximate surface area is 120 Å². The van der Waals surface area contributed by atoms with Crippen LogP contribution in [0.2, 0.25) is 0 Å². The van der Waals surface area contributed by atoms with Gasteiger partial charge in [-0.1, -0.05) is 0 Å². The van der Waals surface area contributed by atoms with Gasteiger partial charge in [-0.2, -0.15) is 5.10 Å². The number of nitrogen functional groups attached to an aromatic ring is 1. The van der Waals surface area contributed by atoms with Gasteiger partial charge in [-0.15, -0.1) is 0 Å². The largest absolute Gasteiger partial charge is 0.495 e. The molecular weight excluding hydrogens is 306 g/mol. The first-order chi connectivity index (χ1) is 9.22. The van der Waals surface area contributed by atoms with Gasteiger partial charge in [0.25, 0.3) is 0 Å². The number of nitrogens with one attached hydrogen (secondary N) is 1. The number of hydrogen-bond donors (Lipinski definition) is 2. The molecule has 3 rings (SSSR count). The molecule has 0 saturated carbocycles. The Kier molecular flexibility index (Phi) is 3.22. The molecule has 0 fully saturated rings. The average molecular weight is 322 g/mol. The lowest BCUT2D eigenvalue weighted by Crippen LogP contribution is -2.07. The van der Waals surface area contributed by atoms with E-state index < -0.39 is 0 Å². The van der Waals surface area contributed by atoms with Gasteiger partial charge in [0.15, 0.2) is 0 Å². The number of benzene rings is 1. The molecule has 4 nitrogen and oxygen atoms in total. The lowest BCUT2D eigenvalue weighted by atomic mass is 9.86. The van der Waals surface area contributed by atoms with Crippen molar-refractivity contribution < 1.29 is 4.74 Å². The Morgan fingerprint density at radius 1 is 1.37 bits per heavy atom. The van der Waals surface area contributed by atoms with E-state index in [2.05, 4.69) is 32.2 Å². The fourth-order valence-electron chi connectivity index (χ4n) is 2.83. The van der Waals surface area contributed by atoms with Crippen molar-refractivity contribution in [3.63, 3.8) is 0 Å². The molecule has 0 bridgehead atoms. The molecule has 3 N–H and O–H groups in total. The number of fused-ring (bicyclic) bond motifs is 1. The summed E-state index contributed by atoms with van der Waals surface area (Å²) in [6, 6.07) is 2.17. The fourth-order valence-corrected chi connectivity index (χ4v) is 3.46. The lowest BCUT2D eigenvalue weighted by molar-refractivity contribution is 0.412. The van der Waals surface area contributed by atoms with E-state index >= 15 is 0 Å². The number of nitrogens with two attached hydrogens (primary N) is 1. The van der Waals surface area contributed by atoms with Crippen LogP contribution in [0.1, 0.15) is 24.0 Å². The van der Waals surface area contributed by atoms with Crippen LogP contribution < -0.4 is 10.5 Å². The van der Waals surface area contributed by atoms with Crippen LogP contribution in [0, 0.1) is 0 Å². The second-order valence-corrected chi connectivity index (χ2v) is 5.66. The Hall–Kier alpha value is -1.49. The molecule has 0 amide bonds. The molecule has 1 aliphatic carbocycles. The van der Waals surface area contributed by atoms with Crippen molar-refractivity contribution in [3.05, 3.63) is 27.9 Å². The number of H-pyrrole nitrogens is 1. The van der Waals surface area contributed by atoms with E-state index in [1.165, 1.54) is 24.0 Å². The molecule has 1 aliphatic rings. The summed E-state index contributed by atoms with van der Waals surface area (Å²) >= 11 is 3.60. The number of methoxy groups -OCH3 is 1. The summed E-state index contributed by atoms with van der Waals surface area (Å²) in [5.41, 5.74) is 10.7. The number of rotatable bonds is 2. The molecule has 0 unspecified atom stereocenters. The minimum Gasteiger partial charge on any atom is -0.495 e. The summed E-state index contributed by atoms with van der Waals surface area (Å²) in [6.07, 6.45) is 6.41. The number of halogens is 1. The number of ether oxygens (including phenoxy) is 1. The highest BCUT2D eigenvalue weighted by molar-refractivity contribution is 9.10. The normalized spacial score (nSPS) is 14.2. The maximum absolute atomic E-state index is 5.99. The van der Waals surface area contributed by atoms with Crippen LogP contribution in [0.5, 0.6) is 5.75 Å². The molecule has 1 aromatic carbocycles. The molecule has 0 aliphatic heterocycles. The van der Waals surface area contributed by atoms with Crippen molar-refractivity contribution in [2.45, 2.75) is 25.7 Å². The molecule has 0 spiro atoms. The number of aryl methyl sites for hydroxylation is 1. The van der Waals surface area contributed by atoms with E-state index in [0.717, 1.165) is 34.2 Å². The Bertz CT molecular complexity index is 621. The van der Waals surface area contributed by atoms with Crippen LogP contribution in [0.4, 0.5) is 5.82 Å². The molecule has 2 aromatic rings. The van der Waals surface area contributed by atoms with Crippen LogP contribution in [0.3, 0.4) is 0 Å². The molecule has 19 heavy (non-hydrogen) atoms. The lowest BCUT2D eigenvalue weighted by Gasteiger charge is -2.22. The molecule has 1 heterocycles. The number of hydrogen-bond acceptors (Lipinski definition) is 3. The molecular formula is C14H16BrN3O. The van der Waals surface area contributed by atoms with Crippen molar-refractivity contribution >= 4 is 21.7 Å². The average Bonchev–Trinajstić information content (AvgIpc) is 2.83. The summed E-state index contributed by atoms with van der Waals surface area (Å²) in [4.78, 5) is 0. The highest BCUT2D eigenvalue weighted by atomic mass is 79.9. The minimum absolute atomic E-state index is 0.587. The second kappa shape index (κ2) is 4.89. The number of aromatic nitrogens is 2. The third kappa shape index (κ3) is 2.02. The van der Waals surface area contributed by atoms with Crippen molar-refractivity contribution in [2.75, 3.05) is 12.8 Å². The second-order valence-electron chi connectivity index (χ2n) is 4.81. The van der Waals surface area contributed by atoms with E-state index in [0.29, 0.717) is 5.82 Å². The summed E-state index contributed by atoms with van der Waals surface area (Å²) in [7, 11) is 1.69. The Morgan fingerprint density at radius 2 is 2.16 bits per heavy atom. The fraction of sp³-hybridized carbons (Fsp3) is 0.357. The summed E-state index contributed by atoms with van der Waals surface area (Å²) in [6.45, 7) is 0. The van der Waals surface area contributed by atoms with Gasteiger partial charge in [-0.3, -0.25) is 5.10 Å². The molecule has 1 aromatic heterocycles. The summed E-state index contributed by atoms with van der Waals surface area (Å²) < 4.78 is 6.55. The van der Waals surface area contributed by atoms with Crippen LogP contribution in [-0.4, -0.2) is 17.3 Å². The van der Waals surface area contributed by atoms with Crippen molar-refractivity contribution in [2.24, 2.45) is 0 Å². The maximum atomic E-state index is 5.99. The van der Waals surface area contributed by atoms with E-state index in [4.69, 9.17) is 10.5 Å². The van der Waals surface area contributed by atoms with Crippen LogP contribution >= 0.6 is 15.9 Å². The molecule has 0 atom stereocenters. The van der Waals surface area contributed by atoms with Crippen molar-refractivity contribution in [1.29, 1.82) is 0 Å². The zero-order chi connectivity index (χ0) is 13.4. The highest BCUT2D eigenvalue weighted by Crippen LogP contribution is 2.44. The van der Waals surface area contributed by atoms with Gasteiger partial charge in [0.05, 0.1) is 17.8 Å². The Balaban J connectivity index is 2.31. The third-order valence-electron chi connectivity index (χ3n) is 3.70. The number of anilines is 1. The third-order valence-corrected chi connectivity index (χ3v) is 4.29. The predicted octanol–water partition coefficient (Wildman–Crippen LogP) is 3.31. The molecule has 0 radical (unpaired) electrons. The van der Waals surface area contributed by atoms with Gasteiger partial charge < -0.3 is 10.5 Å². The number of nitrogens with zero attached hydrogens (tertiary/aromatic N) is 1. The smallest absolute Gasteiger partial charge is 0.141 e. The first-order valence-corrected chi connectivity index (χ1v) is 7.19. The van der Waals surface area contributed by atoms with Crippen LogP contribution in [-0.2, 0) is 12.8 Å².